The first-order chi connectivity index (χ1) is 10.9. The fourth-order valence-electron chi connectivity index (χ4n) is 2.34. The molecule has 0 bridgehead atoms. The normalized spacial score (nSPS) is 10.8. The van der Waals surface area contributed by atoms with Gasteiger partial charge in [-0.1, -0.05) is 0 Å². The van der Waals surface area contributed by atoms with E-state index in [1.807, 2.05) is 0 Å². The Kier molecular flexibility index (Phi) is 5.99. The van der Waals surface area contributed by atoms with Crippen molar-refractivity contribution in [2.45, 2.75) is 24.2 Å². The molecular weight excluding hydrogens is 447 g/mol. The van der Waals surface area contributed by atoms with Crippen LogP contribution in [-0.2, 0) is 0 Å². The molecule has 22 heavy (non-hydrogen) atoms. The third kappa shape index (κ3) is 3.95. The third-order valence-corrected chi connectivity index (χ3v) is 10.3. The molecule has 0 saturated heterocycles. The molecule has 0 nitrogen and oxygen atoms in total. The van der Waals surface area contributed by atoms with Gasteiger partial charge in [0.15, 0.2) is 0 Å². The molecule has 0 radical (unpaired) electrons. The van der Waals surface area contributed by atoms with Crippen LogP contribution in [0.25, 0.3) is 20.0 Å². The van der Waals surface area contributed by atoms with Crippen LogP contribution in [-0.4, -0.2) is 35.4 Å². The Morgan fingerprint density at radius 2 is 1.50 bits per heavy atom. The molecule has 0 aliphatic heterocycles. The van der Waals surface area contributed by atoms with E-state index in [0.29, 0.717) is 14.5 Å². The van der Waals surface area contributed by atoms with Gasteiger partial charge in [0.05, 0.1) is 0 Å². The van der Waals surface area contributed by atoms with Gasteiger partial charge in [-0.05, 0) is 0 Å². The maximum atomic E-state index is 2.52. The third-order valence-electron chi connectivity index (χ3n) is 3.55. The van der Waals surface area contributed by atoms with Crippen molar-refractivity contribution in [1.29, 1.82) is 0 Å². The van der Waals surface area contributed by atoms with Gasteiger partial charge in [0.2, 0.25) is 0 Å². The van der Waals surface area contributed by atoms with Gasteiger partial charge >= 0.3 is 150 Å². The van der Waals surface area contributed by atoms with Crippen LogP contribution in [0.1, 0.15) is 19.8 Å². The first kappa shape index (κ1) is 16.1. The molecule has 0 fully saturated rings. The molecule has 0 aliphatic rings. The maximum absolute atomic E-state index is 2.52. The molecule has 0 saturated carbocycles. The quantitative estimate of drug-likeness (QED) is 0.367. The van der Waals surface area contributed by atoms with Crippen molar-refractivity contribution in [3.05, 3.63) is 66.7 Å². The van der Waals surface area contributed by atoms with Gasteiger partial charge in [0.1, 0.15) is 0 Å². The summed E-state index contributed by atoms with van der Waals surface area (Å²) >= 11 is 0.408. The second-order valence-corrected chi connectivity index (χ2v) is 10.7. The van der Waals surface area contributed by atoms with E-state index in [2.05, 4.69) is 73.7 Å². The van der Waals surface area contributed by atoms with Crippen LogP contribution in [0, 0.1) is 0 Å². The molecule has 2 heteroatoms. The zero-order valence-electron chi connectivity index (χ0n) is 12.8. The Morgan fingerprint density at radius 1 is 0.864 bits per heavy atom. The molecule has 0 unspecified atom stereocenters. The average Bonchev–Trinajstić information content (AvgIpc) is 3.01. The molecule has 3 aromatic rings. The Morgan fingerprint density at radius 3 is 2.14 bits per heavy atom. The minimum absolute atomic E-state index is 0.0459. The van der Waals surface area contributed by atoms with Crippen LogP contribution in [0.5, 0.6) is 0 Å². The topological polar surface area (TPSA) is 0 Å². The predicted molar refractivity (Wildman–Crippen MR) is 99.4 cm³/mol. The van der Waals surface area contributed by atoms with Gasteiger partial charge in [-0.15, -0.1) is 0 Å². The molecule has 1 heterocycles. The number of rotatable bonds is 6. The molecule has 1 aromatic heterocycles. The van der Waals surface area contributed by atoms with Crippen LogP contribution in [0.3, 0.4) is 0 Å². The Hall–Kier alpha value is -0.771. The summed E-state index contributed by atoms with van der Waals surface area (Å²) in [6.07, 6.45) is 2.70. The second kappa shape index (κ2) is 8.19. The molecule has 2 aromatic carbocycles. The van der Waals surface area contributed by atoms with Crippen molar-refractivity contribution in [2.75, 3.05) is 0 Å². The summed E-state index contributed by atoms with van der Waals surface area (Å²) in [6, 6.07) is 24.5. The summed E-state index contributed by atoms with van der Waals surface area (Å²) in [5, 5.41) is 0. The summed E-state index contributed by atoms with van der Waals surface area (Å²) in [7, 11) is 0. The first-order valence-electron chi connectivity index (χ1n) is 7.76. The second-order valence-electron chi connectivity index (χ2n) is 5.24. The van der Waals surface area contributed by atoms with Crippen LogP contribution in [0.2, 0.25) is 4.47 Å². The van der Waals surface area contributed by atoms with Crippen molar-refractivity contribution in [3.63, 3.8) is 0 Å². The zero-order valence-corrected chi connectivity index (χ0v) is 16.8. The number of hydrogen-bond donors (Lipinski definition) is 0. The van der Waals surface area contributed by atoms with Gasteiger partial charge < -0.3 is 0 Å². The van der Waals surface area contributed by atoms with E-state index in [-0.39, 0.29) is 20.9 Å². The van der Waals surface area contributed by atoms with Gasteiger partial charge in [-0.2, -0.15) is 0 Å². The van der Waals surface area contributed by atoms with Crippen LogP contribution >= 0.6 is 0 Å². The van der Waals surface area contributed by atoms with Gasteiger partial charge in [-0.3, -0.25) is 0 Å². The fraction of sp³-hybridized carbons (Fsp3) is 0.200. The summed E-state index contributed by atoms with van der Waals surface area (Å²) in [4.78, 5) is 0. The van der Waals surface area contributed by atoms with E-state index in [1.165, 1.54) is 28.4 Å². The zero-order chi connectivity index (χ0) is 15.2. The average molecular weight is 467 g/mol. The van der Waals surface area contributed by atoms with E-state index in [9.17, 15) is 0 Å². The molecule has 0 amide bonds. The first-order valence-corrected chi connectivity index (χ1v) is 12.3. The van der Waals surface area contributed by atoms with Crippen LogP contribution in [0.15, 0.2) is 66.7 Å². The molecular formula is C20H20SeTe. The standard InChI is InChI=1S/C20H20SeTe/c1-2-3-14-22-19-15-18(16-10-6-4-7-11-16)21-20(19)17-12-8-5-9-13-17/h4-13,15H,2-3,14H2,1H3. The number of unbranched alkanes of at least 4 members (excludes halogenated alkanes) is 1. The van der Waals surface area contributed by atoms with Crippen molar-refractivity contribution in [3.8, 4) is 20.0 Å². The molecule has 0 aliphatic carbocycles. The van der Waals surface area contributed by atoms with Crippen LogP contribution < -0.4 is 3.61 Å². The fourth-order valence-corrected chi connectivity index (χ4v) is 9.69. The van der Waals surface area contributed by atoms with Gasteiger partial charge in [0, 0.05) is 0 Å². The minimum atomic E-state index is -0.0459. The van der Waals surface area contributed by atoms with Gasteiger partial charge in [-0.25, -0.2) is 0 Å². The summed E-state index contributed by atoms with van der Waals surface area (Å²) in [6.45, 7) is 2.29. The summed E-state index contributed by atoms with van der Waals surface area (Å²) < 4.78 is 6.33. The predicted octanol–water partition coefficient (Wildman–Crippen LogP) is 4.63. The summed E-state index contributed by atoms with van der Waals surface area (Å²) in [5.41, 5.74) is 2.86. The Bertz CT molecular complexity index is 701. The monoisotopic (exact) mass is 470 g/mol. The van der Waals surface area contributed by atoms with Crippen molar-refractivity contribution < 1.29 is 0 Å². The molecule has 0 atom stereocenters. The number of hydrogen-bond acceptors (Lipinski definition) is 0. The van der Waals surface area contributed by atoms with Crippen molar-refractivity contribution in [2.24, 2.45) is 0 Å². The summed E-state index contributed by atoms with van der Waals surface area (Å²) in [5.74, 6) is 0. The van der Waals surface area contributed by atoms with Crippen molar-refractivity contribution >= 4 is 39.0 Å². The van der Waals surface area contributed by atoms with E-state index in [1.54, 1.807) is 12.5 Å². The Balaban J connectivity index is 1.97. The van der Waals surface area contributed by atoms with E-state index in [0.717, 1.165) is 0 Å². The van der Waals surface area contributed by atoms with Crippen molar-refractivity contribution in [1.82, 2.24) is 0 Å². The molecule has 3 rings (SSSR count). The number of benzene rings is 2. The van der Waals surface area contributed by atoms with E-state index >= 15 is 0 Å². The molecule has 112 valence electrons. The molecule has 0 N–H and O–H groups in total. The Labute approximate surface area is 149 Å². The van der Waals surface area contributed by atoms with Crippen LogP contribution in [0.4, 0.5) is 0 Å². The molecule has 0 spiro atoms. The van der Waals surface area contributed by atoms with Gasteiger partial charge in [0.25, 0.3) is 0 Å². The van der Waals surface area contributed by atoms with E-state index in [4.69, 9.17) is 0 Å². The SMILES string of the molecule is CCCC[Te]c1cc(-c2ccccc2)[se]c1-c1ccccc1. The van der Waals surface area contributed by atoms with E-state index < -0.39 is 0 Å².